The second-order valence-electron chi connectivity index (χ2n) is 7.43. The lowest BCUT2D eigenvalue weighted by atomic mass is 10.0. The van der Waals surface area contributed by atoms with Gasteiger partial charge < -0.3 is 5.32 Å². The number of hydrogen-bond donors (Lipinski definition) is 1. The van der Waals surface area contributed by atoms with Gasteiger partial charge in [0, 0.05) is 16.6 Å². The quantitative estimate of drug-likeness (QED) is 0.446. The Hall–Kier alpha value is -3.46. The number of nitrogens with zero attached hydrogens (tertiary/aromatic N) is 2. The molecule has 4 rings (SSSR count). The molecule has 1 amide bonds. The molecule has 0 aliphatic carbocycles. The fraction of sp³-hybridized carbons (Fsp3) is 0.174. The number of alkyl halides is 3. The molecule has 1 N–H and O–H groups in total. The van der Waals surface area contributed by atoms with Gasteiger partial charge in [-0.3, -0.25) is 14.2 Å². The summed E-state index contributed by atoms with van der Waals surface area (Å²) in [5.74, 6) is -0.629. The molecule has 0 aliphatic heterocycles. The van der Waals surface area contributed by atoms with Gasteiger partial charge in [0.05, 0.1) is 17.3 Å². The van der Waals surface area contributed by atoms with Crippen LogP contribution >= 0.6 is 11.3 Å². The Morgan fingerprint density at radius 3 is 2.62 bits per heavy atom. The van der Waals surface area contributed by atoms with Gasteiger partial charge in [0.2, 0.25) is 5.91 Å². The number of anilines is 1. The maximum atomic E-state index is 13.1. The number of benzene rings is 2. The van der Waals surface area contributed by atoms with Crippen molar-refractivity contribution in [3.8, 4) is 11.1 Å². The highest BCUT2D eigenvalue weighted by atomic mass is 32.1. The highest BCUT2D eigenvalue weighted by Crippen LogP contribution is 2.32. The Labute approximate surface area is 185 Å². The number of hydrogen-bond acceptors (Lipinski definition) is 4. The van der Waals surface area contributed by atoms with Crippen molar-refractivity contribution in [2.24, 2.45) is 0 Å². The van der Waals surface area contributed by atoms with Crippen LogP contribution in [-0.2, 0) is 17.5 Å². The number of rotatable bonds is 4. The van der Waals surface area contributed by atoms with Gasteiger partial charge in [-0.05, 0) is 48.7 Å². The molecule has 2 aromatic carbocycles. The second kappa shape index (κ2) is 8.23. The van der Waals surface area contributed by atoms with Crippen LogP contribution in [0.3, 0.4) is 0 Å². The van der Waals surface area contributed by atoms with Crippen molar-refractivity contribution in [3.63, 3.8) is 0 Å². The molecule has 2 heterocycles. The van der Waals surface area contributed by atoms with Crippen molar-refractivity contribution in [2.45, 2.75) is 26.6 Å². The molecule has 0 spiro atoms. The molecule has 0 aliphatic rings. The van der Waals surface area contributed by atoms with Gasteiger partial charge in [-0.25, -0.2) is 4.98 Å². The van der Waals surface area contributed by atoms with Crippen molar-refractivity contribution < 1.29 is 18.0 Å². The summed E-state index contributed by atoms with van der Waals surface area (Å²) in [7, 11) is 0. The van der Waals surface area contributed by atoms with Crippen molar-refractivity contribution in [2.75, 3.05) is 5.32 Å². The number of halogens is 3. The zero-order chi connectivity index (χ0) is 23.0. The Morgan fingerprint density at radius 1 is 1.12 bits per heavy atom. The van der Waals surface area contributed by atoms with Crippen LogP contribution in [-0.4, -0.2) is 15.5 Å². The smallest absolute Gasteiger partial charge is 0.325 e. The van der Waals surface area contributed by atoms with Crippen LogP contribution in [0.2, 0.25) is 0 Å². The maximum Gasteiger partial charge on any atom is 0.416 e. The lowest BCUT2D eigenvalue weighted by molar-refractivity contribution is -0.137. The third kappa shape index (κ3) is 4.29. The molecule has 2 aromatic heterocycles. The number of nitrogens with one attached hydrogen (secondary N) is 1. The van der Waals surface area contributed by atoms with Crippen molar-refractivity contribution in [1.29, 1.82) is 0 Å². The fourth-order valence-electron chi connectivity index (χ4n) is 3.33. The van der Waals surface area contributed by atoms with E-state index < -0.39 is 17.6 Å². The van der Waals surface area contributed by atoms with Crippen LogP contribution in [0.4, 0.5) is 18.9 Å². The molecule has 0 atom stereocenters. The van der Waals surface area contributed by atoms with Gasteiger partial charge in [0.15, 0.2) is 0 Å². The van der Waals surface area contributed by atoms with Crippen LogP contribution < -0.4 is 10.9 Å². The molecular weight excluding hydrogens is 439 g/mol. The Bertz CT molecular complexity index is 1390. The van der Waals surface area contributed by atoms with Crippen LogP contribution in [0, 0.1) is 13.8 Å². The summed E-state index contributed by atoms with van der Waals surface area (Å²) < 4.78 is 39.8. The zero-order valence-electron chi connectivity index (χ0n) is 17.2. The molecule has 5 nitrogen and oxygen atoms in total. The number of amides is 1. The van der Waals surface area contributed by atoms with Crippen molar-refractivity contribution >= 4 is 33.1 Å². The van der Waals surface area contributed by atoms with Gasteiger partial charge in [0.25, 0.3) is 5.56 Å². The Morgan fingerprint density at radius 2 is 1.91 bits per heavy atom. The molecule has 164 valence electrons. The van der Waals surface area contributed by atoms with Gasteiger partial charge >= 0.3 is 6.18 Å². The van der Waals surface area contributed by atoms with Gasteiger partial charge in [-0.15, -0.1) is 11.3 Å². The molecule has 0 saturated heterocycles. The fourth-order valence-corrected chi connectivity index (χ4v) is 4.24. The number of aryl methyl sites for hydroxylation is 2. The average molecular weight is 457 g/mol. The highest BCUT2D eigenvalue weighted by molar-refractivity contribution is 7.17. The van der Waals surface area contributed by atoms with Gasteiger partial charge in [0.1, 0.15) is 11.4 Å². The van der Waals surface area contributed by atoms with E-state index in [0.717, 1.165) is 39.0 Å². The lowest BCUT2D eigenvalue weighted by Gasteiger charge is -2.11. The number of thiophene rings is 1. The average Bonchev–Trinajstić information content (AvgIpc) is 3.16. The summed E-state index contributed by atoms with van der Waals surface area (Å²) in [6.07, 6.45) is -3.24. The first-order chi connectivity index (χ1) is 15.1. The number of fused-ring (bicyclic) bond motifs is 1. The zero-order valence-corrected chi connectivity index (χ0v) is 18.0. The van der Waals surface area contributed by atoms with E-state index in [2.05, 4.69) is 10.3 Å². The van der Waals surface area contributed by atoms with Crippen LogP contribution in [0.1, 0.15) is 16.7 Å². The molecule has 0 radical (unpaired) electrons. The van der Waals surface area contributed by atoms with E-state index in [1.807, 2.05) is 37.4 Å². The first kappa shape index (κ1) is 21.8. The normalized spacial score (nSPS) is 11.7. The molecule has 4 aromatic rings. The molecule has 0 bridgehead atoms. The summed E-state index contributed by atoms with van der Waals surface area (Å²) in [6, 6.07) is 10.2. The standard InChI is InChI=1S/C23H18F3N3O2S/c1-13-6-7-15(8-14(13)2)18-11-32-21-20(18)22(31)29(12-27-21)10-19(30)28-17-5-3-4-16(9-17)23(24,25)26/h3-9,11-12H,10H2,1-2H3,(H,28,30). The first-order valence-electron chi connectivity index (χ1n) is 9.65. The second-order valence-corrected chi connectivity index (χ2v) is 8.29. The molecule has 32 heavy (non-hydrogen) atoms. The summed E-state index contributed by atoms with van der Waals surface area (Å²) in [5.41, 5.74) is 2.58. The highest BCUT2D eigenvalue weighted by Gasteiger charge is 2.30. The summed E-state index contributed by atoms with van der Waals surface area (Å²) in [4.78, 5) is 30.4. The topological polar surface area (TPSA) is 64.0 Å². The predicted molar refractivity (Wildman–Crippen MR) is 119 cm³/mol. The third-order valence-corrected chi connectivity index (χ3v) is 6.05. The third-order valence-electron chi connectivity index (χ3n) is 5.17. The van der Waals surface area contributed by atoms with Crippen LogP contribution in [0.25, 0.3) is 21.3 Å². The van der Waals surface area contributed by atoms with E-state index in [9.17, 15) is 22.8 Å². The summed E-state index contributed by atoms with van der Waals surface area (Å²) >= 11 is 1.34. The minimum atomic E-state index is -4.52. The molecular formula is C23H18F3N3O2S. The van der Waals surface area contributed by atoms with Crippen LogP contribution in [0.5, 0.6) is 0 Å². The first-order valence-corrected chi connectivity index (χ1v) is 10.5. The minimum absolute atomic E-state index is 0.00161. The SMILES string of the molecule is Cc1ccc(-c2csc3ncn(CC(=O)Nc4cccc(C(F)(F)F)c4)c(=O)c23)cc1C. The number of carbonyl (C=O) groups excluding carboxylic acids is 1. The Kier molecular flexibility index (Phi) is 5.60. The van der Waals surface area contributed by atoms with E-state index >= 15 is 0 Å². The van der Waals surface area contributed by atoms with Crippen molar-refractivity contribution in [3.05, 3.63) is 81.2 Å². The molecule has 0 unspecified atom stereocenters. The monoisotopic (exact) mass is 457 g/mol. The molecule has 0 saturated carbocycles. The van der Waals surface area contributed by atoms with Crippen LogP contribution in [0.15, 0.2) is 59.0 Å². The number of aromatic nitrogens is 2. The predicted octanol–water partition coefficient (Wildman–Crippen LogP) is 5.40. The van der Waals surface area contributed by atoms with Gasteiger partial charge in [-0.2, -0.15) is 13.2 Å². The molecule has 9 heteroatoms. The number of carbonyl (C=O) groups is 1. The van der Waals surface area contributed by atoms with E-state index in [1.165, 1.54) is 29.8 Å². The van der Waals surface area contributed by atoms with E-state index in [0.29, 0.717) is 10.2 Å². The van der Waals surface area contributed by atoms with E-state index in [1.54, 1.807) is 0 Å². The minimum Gasteiger partial charge on any atom is -0.325 e. The van der Waals surface area contributed by atoms with Gasteiger partial charge in [-0.1, -0.05) is 24.3 Å². The maximum absolute atomic E-state index is 13.1. The van der Waals surface area contributed by atoms with E-state index in [-0.39, 0.29) is 17.8 Å². The molecule has 0 fully saturated rings. The van der Waals surface area contributed by atoms with Crippen molar-refractivity contribution in [1.82, 2.24) is 9.55 Å². The van der Waals surface area contributed by atoms with E-state index in [4.69, 9.17) is 0 Å². The summed E-state index contributed by atoms with van der Waals surface area (Å²) in [5, 5.41) is 4.68. The lowest BCUT2D eigenvalue weighted by Crippen LogP contribution is -2.27. The Balaban J connectivity index is 1.63. The largest absolute Gasteiger partial charge is 0.416 e. The summed E-state index contributed by atoms with van der Waals surface area (Å²) in [6.45, 7) is 3.62.